The molecule has 0 bridgehead atoms. The summed E-state index contributed by atoms with van der Waals surface area (Å²) in [6.07, 6.45) is 6.75. The van der Waals surface area contributed by atoms with E-state index in [0.717, 1.165) is 11.3 Å². The third-order valence-corrected chi connectivity index (χ3v) is 3.76. The molecule has 0 atom stereocenters. The van der Waals surface area contributed by atoms with Gasteiger partial charge in [0, 0.05) is 12.6 Å². The van der Waals surface area contributed by atoms with Gasteiger partial charge in [0.15, 0.2) is 0 Å². The van der Waals surface area contributed by atoms with E-state index in [4.69, 9.17) is 16.3 Å². The maximum Gasteiger partial charge on any atom is 0.132 e. The lowest BCUT2D eigenvalue weighted by Crippen LogP contribution is -2.16. The van der Waals surface area contributed by atoms with E-state index < -0.39 is 0 Å². The van der Waals surface area contributed by atoms with Crippen molar-refractivity contribution in [3.8, 4) is 0 Å². The number of ether oxygens (including phenoxy) is 1. The fourth-order valence-electron chi connectivity index (χ4n) is 2.27. The van der Waals surface area contributed by atoms with Crippen LogP contribution in [0.15, 0.2) is 0 Å². The van der Waals surface area contributed by atoms with Gasteiger partial charge in [-0.1, -0.05) is 30.9 Å². The van der Waals surface area contributed by atoms with Gasteiger partial charge in [-0.3, -0.25) is 4.68 Å². The molecular formula is C12H19ClN2O. The molecule has 0 aliphatic heterocycles. The number of hydrogen-bond donors (Lipinski definition) is 0. The first-order chi connectivity index (χ1) is 7.68. The number of halogens is 1. The molecule has 0 spiro atoms. The highest BCUT2D eigenvalue weighted by Crippen LogP contribution is 2.24. The largest absolute Gasteiger partial charge is 0.373 e. The van der Waals surface area contributed by atoms with Gasteiger partial charge >= 0.3 is 0 Å². The van der Waals surface area contributed by atoms with Crippen LogP contribution in [-0.2, 0) is 18.4 Å². The van der Waals surface area contributed by atoms with Gasteiger partial charge in [0.05, 0.1) is 18.4 Å². The van der Waals surface area contributed by atoms with Crippen molar-refractivity contribution < 1.29 is 4.74 Å². The number of rotatable bonds is 3. The molecule has 1 aromatic rings. The van der Waals surface area contributed by atoms with Crippen molar-refractivity contribution in [3.63, 3.8) is 0 Å². The van der Waals surface area contributed by atoms with E-state index in [2.05, 4.69) is 5.10 Å². The molecule has 4 heteroatoms. The Morgan fingerprint density at radius 2 is 2.06 bits per heavy atom. The molecule has 1 fully saturated rings. The third-order valence-electron chi connectivity index (χ3n) is 3.29. The minimum Gasteiger partial charge on any atom is -0.373 e. The molecule has 0 saturated heterocycles. The molecule has 3 nitrogen and oxygen atoms in total. The smallest absolute Gasteiger partial charge is 0.132 e. The minimum atomic E-state index is 0.421. The normalized spacial score (nSPS) is 17.9. The summed E-state index contributed by atoms with van der Waals surface area (Å²) in [5.74, 6) is 0. The number of hydrogen-bond acceptors (Lipinski definition) is 2. The maximum absolute atomic E-state index is 6.15. The average molecular weight is 243 g/mol. The molecule has 0 aromatic carbocycles. The van der Waals surface area contributed by atoms with Crippen LogP contribution in [-0.4, -0.2) is 15.9 Å². The maximum atomic E-state index is 6.15. The lowest BCUT2D eigenvalue weighted by molar-refractivity contribution is 0.0167. The van der Waals surface area contributed by atoms with Crippen LogP contribution in [0.4, 0.5) is 0 Å². The minimum absolute atomic E-state index is 0.421. The Kier molecular flexibility index (Phi) is 3.87. The summed E-state index contributed by atoms with van der Waals surface area (Å²) >= 11 is 6.15. The molecule has 0 unspecified atom stereocenters. The predicted octanol–water partition coefficient (Wildman–Crippen LogP) is 3.23. The lowest BCUT2D eigenvalue weighted by atomic mass is 9.98. The number of aryl methyl sites for hydroxylation is 2. The van der Waals surface area contributed by atoms with Crippen LogP contribution in [0.3, 0.4) is 0 Å². The van der Waals surface area contributed by atoms with E-state index in [1.54, 1.807) is 4.68 Å². The van der Waals surface area contributed by atoms with Crippen LogP contribution in [0.5, 0.6) is 0 Å². The average Bonchev–Trinajstić information content (AvgIpc) is 2.53. The first-order valence-electron chi connectivity index (χ1n) is 5.98. The molecule has 1 aromatic heterocycles. The second kappa shape index (κ2) is 5.19. The van der Waals surface area contributed by atoms with E-state index in [1.807, 2.05) is 14.0 Å². The van der Waals surface area contributed by atoms with Crippen LogP contribution < -0.4 is 0 Å². The first-order valence-corrected chi connectivity index (χ1v) is 6.36. The van der Waals surface area contributed by atoms with Crippen molar-refractivity contribution in [1.29, 1.82) is 0 Å². The summed E-state index contributed by atoms with van der Waals surface area (Å²) < 4.78 is 7.61. The van der Waals surface area contributed by atoms with Crippen molar-refractivity contribution in [2.75, 3.05) is 0 Å². The van der Waals surface area contributed by atoms with Crippen molar-refractivity contribution in [1.82, 2.24) is 9.78 Å². The van der Waals surface area contributed by atoms with Gasteiger partial charge in [0.1, 0.15) is 5.15 Å². The summed E-state index contributed by atoms with van der Waals surface area (Å²) in [6.45, 7) is 2.58. The molecule has 2 rings (SSSR count). The highest BCUT2D eigenvalue weighted by molar-refractivity contribution is 6.30. The molecule has 0 N–H and O–H groups in total. The Labute approximate surface area is 102 Å². The van der Waals surface area contributed by atoms with Crippen LogP contribution >= 0.6 is 11.6 Å². The van der Waals surface area contributed by atoms with Gasteiger partial charge in [-0.25, -0.2) is 0 Å². The lowest BCUT2D eigenvalue weighted by Gasteiger charge is -2.21. The Hall–Kier alpha value is -0.540. The van der Waals surface area contributed by atoms with Gasteiger partial charge in [-0.15, -0.1) is 0 Å². The van der Waals surface area contributed by atoms with Gasteiger partial charge in [0.2, 0.25) is 0 Å². The fraction of sp³-hybridized carbons (Fsp3) is 0.750. The zero-order valence-electron chi connectivity index (χ0n) is 10.0. The van der Waals surface area contributed by atoms with Gasteiger partial charge in [0.25, 0.3) is 0 Å². The zero-order valence-corrected chi connectivity index (χ0v) is 10.8. The SMILES string of the molecule is Cc1nn(C)c(Cl)c1COC1CCCCC1. The topological polar surface area (TPSA) is 27.1 Å². The molecule has 0 amide bonds. The summed E-state index contributed by atoms with van der Waals surface area (Å²) in [5, 5.41) is 4.98. The summed E-state index contributed by atoms with van der Waals surface area (Å²) in [6, 6.07) is 0. The predicted molar refractivity (Wildman–Crippen MR) is 64.6 cm³/mol. The van der Waals surface area contributed by atoms with E-state index in [1.165, 1.54) is 32.1 Å². The van der Waals surface area contributed by atoms with Gasteiger partial charge < -0.3 is 4.74 Å². The van der Waals surface area contributed by atoms with Crippen LogP contribution in [0.25, 0.3) is 0 Å². The molecule has 90 valence electrons. The van der Waals surface area contributed by atoms with Crippen LogP contribution in [0.2, 0.25) is 5.15 Å². The van der Waals surface area contributed by atoms with Crippen LogP contribution in [0.1, 0.15) is 43.4 Å². The molecule has 1 aliphatic rings. The number of aromatic nitrogens is 2. The Bertz CT molecular complexity index is 356. The monoisotopic (exact) mass is 242 g/mol. The summed E-state index contributed by atoms with van der Waals surface area (Å²) in [7, 11) is 1.86. The van der Waals surface area contributed by atoms with E-state index >= 15 is 0 Å². The third kappa shape index (κ3) is 2.58. The Morgan fingerprint density at radius 3 is 2.62 bits per heavy atom. The zero-order chi connectivity index (χ0) is 11.5. The number of nitrogens with zero attached hydrogens (tertiary/aromatic N) is 2. The summed E-state index contributed by atoms with van der Waals surface area (Å²) in [5.41, 5.74) is 2.01. The van der Waals surface area contributed by atoms with Crippen molar-refractivity contribution >= 4 is 11.6 Å². The summed E-state index contributed by atoms with van der Waals surface area (Å²) in [4.78, 5) is 0. The van der Waals surface area contributed by atoms with Gasteiger partial charge in [-0.05, 0) is 19.8 Å². The molecule has 1 heterocycles. The van der Waals surface area contributed by atoms with Crippen molar-refractivity contribution in [3.05, 3.63) is 16.4 Å². The van der Waals surface area contributed by atoms with E-state index in [0.29, 0.717) is 17.9 Å². The highest BCUT2D eigenvalue weighted by atomic mass is 35.5. The van der Waals surface area contributed by atoms with E-state index in [9.17, 15) is 0 Å². The molecule has 0 radical (unpaired) electrons. The fourth-order valence-corrected chi connectivity index (χ4v) is 2.50. The molecule has 1 saturated carbocycles. The first kappa shape index (κ1) is 11.9. The Balaban J connectivity index is 1.93. The van der Waals surface area contributed by atoms with E-state index in [-0.39, 0.29) is 0 Å². The quantitative estimate of drug-likeness (QED) is 0.814. The standard InChI is InChI=1S/C12H19ClN2O/c1-9-11(12(13)15(2)14-9)8-16-10-6-4-3-5-7-10/h10H,3-8H2,1-2H3. The second-order valence-corrected chi connectivity index (χ2v) is 4.91. The van der Waals surface area contributed by atoms with Crippen LogP contribution in [0, 0.1) is 6.92 Å². The highest BCUT2D eigenvalue weighted by Gasteiger charge is 2.16. The van der Waals surface area contributed by atoms with Gasteiger partial charge in [-0.2, -0.15) is 5.10 Å². The Morgan fingerprint density at radius 1 is 1.38 bits per heavy atom. The molecule has 16 heavy (non-hydrogen) atoms. The molecular weight excluding hydrogens is 224 g/mol. The molecule has 1 aliphatic carbocycles. The van der Waals surface area contributed by atoms with Crippen molar-refractivity contribution in [2.45, 2.75) is 51.7 Å². The van der Waals surface area contributed by atoms with Crippen molar-refractivity contribution in [2.24, 2.45) is 7.05 Å². The second-order valence-electron chi connectivity index (χ2n) is 4.55.